The Kier molecular flexibility index (Phi) is 4.75. The van der Waals surface area contributed by atoms with E-state index in [4.69, 9.17) is 5.73 Å². The molecule has 0 aliphatic carbocycles. The third-order valence-electron chi connectivity index (χ3n) is 3.01. The third kappa shape index (κ3) is 3.50. The maximum atomic E-state index is 12.3. The van der Waals surface area contributed by atoms with Crippen LogP contribution in [-0.2, 0) is 0 Å². The van der Waals surface area contributed by atoms with Gasteiger partial charge in [0.1, 0.15) is 0 Å². The lowest BCUT2D eigenvalue weighted by Gasteiger charge is -2.32. The molecule has 0 saturated carbocycles. The number of alkyl halides is 2. The number of nitrogens with zero attached hydrogens (tertiary/aromatic N) is 1. The van der Waals surface area contributed by atoms with E-state index >= 15 is 0 Å². The van der Waals surface area contributed by atoms with E-state index in [-0.39, 0.29) is 12.0 Å². The Labute approximate surface area is 84.4 Å². The monoisotopic (exact) mass is 206 g/mol. The molecule has 1 fully saturated rings. The van der Waals surface area contributed by atoms with Crippen LogP contribution in [0.5, 0.6) is 0 Å². The van der Waals surface area contributed by atoms with Crippen molar-refractivity contribution in [3.63, 3.8) is 0 Å². The molecule has 0 bridgehead atoms. The Balaban J connectivity index is 2.22. The molecule has 4 heteroatoms. The highest BCUT2D eigenvalue weighted by molar-refractivity contribution is 4.76. The fourth-order valence-corrected chi connectivity index (χ4v) is 1.85. The van der Waals surface area contributed by atoms with Crippen LogP contribution in [0.15, 0.2) is 0 Å². The molecule has 0 aromatic carbocycles. The molecule has 0 radical (unpaired) electrons. The summed E-state index contributed by atoms with van der Waals surface area (Å²) in [6.07, 6.45) is 0.0498. The van der Waals surface area contributed by atoms with E-state index in [1.54, 1.807) is 0 Å². The van der Waals surface area contributed by atoms with Crippen molar-refractivity contribution in [1.29, 1.82) is 0 Å². The maximum Gasteiger partial charge on any atom is 0.241 e. The Morgan fingerprint density at radius 2 is 1.93 bits per heavy atom. The number of halogens is 2. The van der Waals surface area contributed by atoms with E-state index in [0.29, 0.717) is 12.8 Å². The van der Waals surface area contributed by atoms with E-state index in [9.17, 15) is 8.78 Å². The zero-order chi connectivity index (χ0) is 10.6. The van der Waals surface area contributed by atoms with Gasteiger partial charge in [-0.05, 0) is 32.4 Å². The smallest absolute Gasteiger partial charge is 0.241 e. The van der Waals surface area contributed by atoms with E-state index in [1.165, 1.54) is 0 Å². The minimum atomic E-state index is -2.14. The Morgan fingerprint density at radius 3 is 2.36 bits per heavy atom. The summed E-state index contributed by atoms with van der Waals surface area (Å²) in [7, 11) is 0. The molecule has 1 aliphatic heterocycles. The van der Waals surface area contributed by atoms with Gasteiger partial charge in [-0.25, -0.2) is 8.78 Å². The number of rotatable bonds is 4. The standard InChI is InChI=1S/C10H20F2N2/c1-2-9(13)7-14-5-3-8(4-6-14)10(11)12/h8-10H,2-7,13H2,1H3/t9-/m0/s1. The molecule has 1 atom stereocenters. The number of hydrogen-bond acceptors (Lipinski definition) is 2. The highest BCUT2D eigenvalue weighted by Crippen LogP contribution is 2.23. The van der Waals surface area contributed by atoms with E-state index < -0.39 is 6.43 Å². The van der Waals surface area contributed by atoms with Gasteiger partial charge in [0.05, 0.1) is 0 Å². The van der Waals surface area contributed by atoms with Gasteiger partial charge in [-0.15, -0.1) is 0 Å². The molecule has 2 N–H and O–H groups in total. The lowest BCUT2D eigenvalue weighted by molar-refractivity contribution is 0.0340. The molecular formula is C10H20F2N2. The van der Waals surface area contributed by atoms with Crippen molar-refractivity contribution in [3.05, 3.63) is 0 Å². The highest BCUT2D eigenvalue weighted by atomic mass is 19.3. The second-order valence-electron chi connectivity index (χ2n) is 4.14. The number of nitrogens with two attached hydrogens (primary N) is 1. The van der Waals surface area contributed by atoms with Gasteiger partial charge in [-0.3, -0.25) is 0 Å². The van der Waals surface area contributed by atoms with Crippen molar-refractivity contribution in [3.8, 4) is 0 Å². The van der Waals surface area contributed by atoms with Gasteiger partial charge in [0.2, 0.25) is 6.43 Å². The summed E-state index contributed by atoms with van der Waals surface area (Å²) in [5.41, 5.74) is 5.81. The Bertz CT molecular complexity index is 156. The fraction of sp³-hybridized carbons (Fsp3) is 1.00. The zero-order valence-electron chi connectivity index (χ0n) is 8.76. The predicted molar refractivity (Wildman–Crippen MR) is 53.4 cm³/mol. The normalized spacial score (nSPS) is 22.9. The van der Waals surface area contributed by atoms with Crippen molar-refractivity contribution in [2.75, 3.05) is 19.6 Å². The molecule has 1 saturated heterocycles. The molecule has 14 heavy (non-hydrogen) atoms. The summed E-state index contributed by atoms with van der Waals surface area (Å²) >= 11 is 0. The van der Waals surface area contributed by atoms with Crippen LogP contribution in [0, 0.1) is 5.92 Å². The number of likely N-dealkylation sites (tertiary alicyclic amines) is 1. The van der Waals surface area contributed by atoms with Gasteiger partial charge in [0.25, 0.3) is 0 Å². The molecular weight excluding hydrogens is 186 g/mol. The lowest BCUT2D eigenvalue weighted by atomic mass is 9.97. The quantitative estimate of drug-likeness (QED) is 0.758. The molecule has 0 aromatic rings. The minimum Gasteiger partial charge on any atom is -0.327 e. The SMILES string of the molecule is CC[C@H](N)CN1CCC(C(F)F)CC1. The van der Waals surface area contributed by atoms with Gasteiger partial charge in [-0.2, -0.15) is 0 Å². The van der Waals surface area contributed by atoms with Crippen LogP contribution in [0.25, 0.3) is 0 Å². The van der Waals surface area contributed by atoms with Gasteiger partial charge in [0.15, 0.2) is 0 Å². The van der Waals surface area contributed by atoms with Crippen LogP contribution in [-0.4, -0.2) is 37.0 Å². The zero-order valence-corrected chi connectivity index (χ0v) is 8.76. The largest absolute Gasteiger partial charge is 0.327 e. The molecule has 2 nitrogen and oxygen atoms in total. The molecule has 1 heterocycles. The first kappa shape index (κ1) is 11.9. The molecule has 84 valence electrons. The maximum absolute atomic E-state index is 12.3. The second-order valence-corrected chi connectivity index (χ2v) is 4.14. The minimum absolute atomic E-state index is 0.193. The summed E-state index contributed by atoms with van der Waals surface area (Å²) in [5, 5.41) is 0. The first-order valence-corrected chi connectivity index (χ1v) is 5.39. The van der Waals surface area contributed by atoms with E-state index in [0.717, 1.165) is 26.1 Å². The van der Waals surface area contributed by atoms with Crippen LogP contribution in [0.1, 0.15) is 26.2 Å². The van der Waals surface area contributed by atoms with Crippen LogP contribution < -0.4 is 5.73 Å². The van der Waals surface area contributed by atoms with Gasteiger partial charge >= 0.3 is 0 Å². The van der Waals surface area contributed by atoms with Crippen LogP contribution in [0.3, 0.4) is 0 Å². The lowest BCUT2D eigenvalue weighted by Crippen LogP contribution is -2.42. The average molecular weight is 206 g/mol. The molecule has 0 aromatic heterocycles. The van der Waals surface area contributed by atoms with Gasteiger partial charge in [0, 0.05) is 18.5 Å². The molecule has 0 amide bonds. The molecule has 1 aliphatic rings. The van der Waals surface area contributed by atoms with Crippen LogP contribution >= 0.6 is 0 Å². The second kappa shape index (κ2) is 5.61. The van der Waals surface area contributed by atoms with Gasteiger partial charge in [-0.1, -0.05) is 6.92 Å². The summed E-state index contributed by atoms with van der Waals surface area (Å²) in [4.78, 5) is 2.20. The average Bonchev–Trinajstić information content (AvgIpc) is 2.18. The van der Waals surface area contributed by atoms with Crippen molar-refractivity contribution >= 4 is 0 Å². The topological polar surface area (TPSA) is 29.3 Å². The third-order valence-corrected chi connectivity index (χ3v) is 3.01. The van der Waals surface area contributed by atoms with Crippen molar-refractivity contribution < 1.29 is 8.78 Å². The van der Waals surface area contributed by atoms with E-state index in [2.05, 4.69) is 11.8 Å². The van der Waals surface area contributed by atoms with Crippen LogP contribution in [0.4, 0.5) is 8.78 Å². The highest BCUT2D eigenvalue weighted by Gasteiger charge is 2.26. The Morgan fingerprint density at radius 1 is 1.36 bits per heavy atom. The number of hydrogen-bond donors (Lipinski definition) is 1. The molecule has 1 rings (SSSR count). The first-order chi connectivity index (χ1) is 6.63. The van der Waals surface area contributed by atoms with Crippen LogP contribution in [0.2, 0.25) is 0 Å². The molecule has 0 spiro atoms. The Hall–Kier alpha value is -0.220. The van der Waals surface area contributed by atoms with Crippen molar-refractivity contribution in [2.45, 2.75) is 38.7 Å². The van der Waals surface area contributed by atoms with Gasteiger partial charge < -0.3 is 10.6 Å². The summed E-state index contributed by atoms with van der Waals surface area (Å²) in [5.74, 6) is -0.385. The van der Waals surface area contributed by atoms with Crippen molar-refractivity contribution in [2.24, 2.45) is 11.7 Å². The predicted octanol–water partition coefficient (Wildman–Crippen LogP) is 1.70. The van der Waals surface area contributed by atoms with E-state index in [1.807, 2.05) is 0 Å². The van der Waals surface area contributed by atoms with Crippen molar-refractivity contribution in [1.82, 2.24) is 4.90 Å². The number of piperidine rings is 1. The summed E-state index contributed by atoms with van der Waals surface area (Å²) in [6, 6.07) is 0.193. The first-order valence-electron chi connectivity index (χ1n) is 5.39. The fourth-order valence-electron chi connectivity index (χ4n) is 1.85. The summed E-state index contributed by atoms with van der Waals surface area (Å²) < 4.78 is 24.7. The molecule has 0 unspecified atom stereocenters. The summed E-state index contributed by atoms with van der Waals surface area (Å²) in [6.45, 7) is 4.47.